The molecule has 0 radical (unpaired) electrons. The second-order valence-corrected chi connectivity index (χ2v) is 6.63. The van der Waals surface area contributed by atoms with E-state index in [0.29, 0.717) is 6.42 Å². The molecule has 2 atom stereocenters. The lowest BCUT2D eigenvalue weighted by Crippen LogP contribution is -2.46. The quantitative estimate of drug-likeness (QED) is 0.889. The van der Waals surface area contributed by atoms with Crippen molar-refractivity contribution >= 4 is 12.0 Å². The predicted octanol–water partition coefficient (Wildman–Crippen LogP) is 1.94. The maximum Gasteiger partial charge on any atom is 0.408 e. The van der Waals surface area contributed by atoms with Crippen molar-refractivity contribution < 1.29 is 19.1 Å². The third-order valence-electron chi connectivity index (χ3n) is 3.53. The molecule has 2 amide bonds. The van der Waals surface area contributed by atoms with Crippen LogP contribution in [0.1, 0.15) is 37.9 Å². The zero-order valence-corrected chi connectivity index (χ0v) is 14.0. The molecule has 0 saturated heterocycles. The van der Waals surface area contributed by atoms with Gasteiger partial charge in [0.15, 0.2) is 0 Å². The molecule has 6 nitrogen and oxygen atoms in total. The molecule has 23 heavy (non-hydrogen) atoms. The standard InChI is InChI=1S/C17H24N2O4/c1-17(2,3)23-16(21)19-15-12-8-6-5-7-11(12)9-13(15)18-14(20)10-22-4/h5-8,13,15H,9-10H2,1-4H3,(H,18,20)(H,19,21)/t13-,15+/m0/s1. The molecule has 0 heterocycles. The van der Waals surface area contributed by atoms with Crippen LogP contribution in [0.4, 0.5) is 4.79 Å². The molecule has 0 bridgehead atoms. The first-order valence-corrected chi connectivity index (χ1v) is 7.66. The second kappa shape index (κ2) is 7.00. The molecule has 1 aromatic rings. The number of benzene rings is 1. The molecule has 1 aliphatic rings. The number of rotatable bonds is 4. The van der Waals surface area contributed by atoms with Gasteiger partial charge < -0.3 is 20.1 Å². The number of carbonyl (C=O) groups excluding carboxylic acids is 2. The second-order valence-electron chi connectivity index (χ2n) is 6.63. The van der Waals surface area contributed by atoms with E-state index in [1.807, 2.05) is 45.0 Å². The van der Waals surface area contributed by atoms with E-state index in [2.05, 4.69) is 10.6 Å². The monoisotopic (exact) mass is 320 g/mol. The number of fused-ring (bicyclic) bond motifs is 1. The number of nitrogens with one attached hydrogen (secondary N) is 2. The minimum absolute atomic E-state index is 0.00793. The van der Waals surface area contributed by atoms with Crippen molar-refractivity contribution in [2.45, 2.75) is 44.9 Å². The summed E-state index contributed by atoms with van der Waals surface area (Å²) in [6.45, 7) is 5.43. The summed E-state index contributed by atoms with van der Waals surface area (Å²) >= 11 is 0. The van der Waals surface area contributed by atoms with Gasteiger partial charge in [-0.05, 0) is 38.3 Å². The third-order valence-corrected chi connectivity index (χ3v) is 3.53. The molecule has 2 N–H and O–H groups in total. The summed E-state index contributed by atoms with van der Waals surface area (Å²) in [7, 11) is 1.47. The molecule has 0 spiro atoms. The molecule has 0 saturated carbocycles. The Hall–Kier alpha value is -2.08. The van der Waals surface area contributed by atoms with Crippen LogP contribution in [0.25, 0.3) is 0 Å². The molecule has 0 fully saturated rings. The average Bonchev–Trinajstić information content (AvgIpc) is 2.75. The van der Waals surface area contributed by atoms with Gasteiger partial charge in [-0.2, -0.15) is 0 Å². The van der Waals surface area contributed by atoms with Crippen molar-refractivity contribution in [1.29, 1.82) is 0 Å². The van der Waals surface area contributed by atoms with Crippen LogP contribution >= 0.6 is 0 Å². The average molecular weight is 320 g/mol. The smallest absolute Gasteiger partial charge is 0.408 e. The number of hydrogen-bond donors (Lipinski definition) is 2. The van der Waals surface area contributed by atoms with Gasteiger partial charge in [0.1, 0.15) is 12.2 Å². The summed E-state index contributed by atoms with van der Waals surface area (Å²) in [5.74, 6) is -0.207. The van der Waals surface area contributed by atoms with Gasteiger partial charge in [0.05, 0.1) is 12.1 Å². The molecule has 0 aliphatic heterocycles. The van der Waals surface area contributed by atoms with Gasteiger partial charge in [0.25, 0.3) is 0 Å². The van der Waals surface area contributed by atoms with Gasteiger partial charge in [0, 0.05) is 7.11 Å². The summed E-state index contributed by atoms with van der Waals surface area (Å²) in [4.78, 5) is 23.9. The first-order valence-electron chi connectivity index (χ1n) is 7.66. The largest absolute Gasteiger partial charge is 0.444 e. The maximum absolute atomic E-state index is 12.1. The van der Waals surface area contributed by atoms with Crippen LogP contribution in [-0.4, -0.2) is 37.4 Å². The van der Waals surface area contributed by atoms with E-state index < -0.39 is 11.7 Å². The van der Waals surface area contributed by atoms with Gasteiger partial charge in [-0.1, -0.05) is 24.3 Å². The highest BCUT2D eigenvalue weighted by Gasteiger charge is 2.35. The maximum atomic E-state index is 12.1. The summed E-state index contributed by atoms with van der Waals surface area (Å²) in [5.41, 5.74) is 1.54. The normalized spacial score (nSPS) is 19.8. The SMILES string of the molecule is COCC(=O)N[C@H]1Cc2ccccc2[C@H]1NC(=O)OC(C)(C)C. The zero-order chi connectivity index (χ0) is 17.0. The van der Waals surface area contributed by atoms with Gasteiger partial charge >= 0.3 is 6.09 Å². The Morgan fingerprint density at radius 3 is 2.57 bits per heavy atom. The van der Waals surface area contributed by atoms with Crippen LogP contribution in [0.2, 0.25) is 0 Å². The molecular formula is C17H24N2O4. The molecule has 6 heteroatoms. The van der Waals surface area contributed by atoms with E-state index in [1.54, 1.807) is 0 Å². The van der Waals surface area contributed by atoms with E-state index in [-0.39, 0.29) is 24.6 Å². The topological polar surface area (TPSA) is 76.7 Å². The number of alkyl carbamates (subject to hydrolysis) is 1. The molecule has 126 valence electrons. The van der Waals surface area contributed by atoms with Crippen molar-refractivity contribution in [2.24, 2.45) is 0 Å². The van der Waals surface area contributed by atoms with Crippen LogP contribution in [0.15, 0.2) is 24.3 Å². The Bertz CT molecular complexity index is 580. The zero-order valence-electron chi connectivity index (χ0n) is 14.0. The lowest BCUT2D eigenvalue weighted by atomic mass is 10.1. The lowest BCUT2D eigenvalue weighted by Gasteiger charge is -2.26. The van der Waals surface area contributed by atoms with Gasteiger partial charge in [-0.3, -0.25) is 4.79 Å². The van der Waals surface area contributed by atoms with E-state index in [9.17, 15) is 9.59 Å². The summed E-state index contributed by atoms with van der Waals surface area (Å²) in [5, 5.41) is 5.78. The Balaban J connectivity index is 2.13. The van der Waals surface area contributed by atoms with Crippen LogP contribution in [-0.2, 0) is 20.7 Å². The minimum atomic E-state index is -0.572. The molecule has 2 rings (SSSR count). The van der Waals surface area contributed by atoms with E-state index in [0.717, 1.165) is 11.1 Å². The predicted molar refractivity (Wildman–Crippen MR) is 86.1 cm³/mol. The van der Waals surface area contributed by atoms with Crippen LogP contribution in [0, 0.1) is 0 Å². The molecule has 1 aromatic carbocycles. The lowest BCUT2D eigenvalue weighted by molar-refractivity contribution is -0.125. The molecule has 0 aromatic heterocycles. The Morgan fingerprint density at radius 1 is 1.22 bits per heavy atom. The number of amides is 2. The van der Waals surface area contributed by atoms with Crippen molar-refractivity contribution in [3.05, 3.63) is 35.4 Å². The van der Waals surface area contributed by atoms with E-state index in [4.69, 9.17) is 9.47 Å². The Morgan fingerprint density at radius 2 is 1.91 bits per heavy atom. The number of hydrogen-bond acceptors (Lipinski definition) is 4. The number of methoxy groups -OCH3 is 1. The van der Waals surface area contributed by atoms with Crippen LogP contribution in [0.5, 0.6) is 0 Å². The molecular weight excluding hydrogens is 296 g/mol. The van der Waals surface area contributed by atoms with Gasteiger partial charge in [-0.25, -0.2) is 4.79 Å². The van der Waals surface area contributed by atoms with Crippen molar-refractivity contribution in [2.75, 3.05) is 13.7 Å². The number of carbonyl (C=O) groups is 2. The summed E-state index contributed by atoms with van der Waals surface area (Å²) in [6.07, 6.45) is 0.164. The third kappa shape index (κ3) is 4.69. The van der Waals surface area contributed by atoms with Crippen LogP contribution in [0.3, 0.4) is 0 Å². The molecule has 1 aliphatic carbocycles. The minimum Gasteiger partial charge on any atom is -0.444 e. The summed E-state index contributed by atoms with van der Waals surface area (Å²) in [6, 6.07) is 7.29. The first kappa shape index (κ1) is 17.3. The van der Waals surface area contributed by atoms with Crippen LogP contribution < -0.4 is 10.6 Å². The van der Waals surface area contributed by atoms with Crippen molar-refractivity contribution in [3.63, 3.8) is 0 Å². The van der Waals surface area contributed by atoms with E-state index in [1.165, 1.54) is 7.11 Å². The summed E-state index contributed by atoms with van der Waals surface area (Å²) < 4.78 is 10.2. The molecule has 0 unspecified atom stereocenters. The van der Waals surface area contributed by atoms with E-state index >= 15 is 0 Å². The van der Waals surface area contributed by atoms with Gasteiger partial charge in [0.2, 0.25) is 5.91 Å². The highest BCUT2D eigenvalue weighted by atomic mass is 16.6. The highest BCUT2D eigenvalue weighted by molar-refractivity contribution is 5.78. The van der Waals surface area contributed by atoms with Gasteiger partial charge in [-0.15, -0.1) is 0 Å². The Kier molecular flexibility index (Phi) is 5.26. The van der Waals surface area contributed by atoms with Crippen molar-refractivity contribution in [1.82, 2.24) is 10.6 Å². The fraction of sp³-hybridized carbons (Fsp3) is 0.529. The van der Waals surface area contributed by atoms with Crippen molar-refractivity contribution in [3.8, 4) is 0 Å². The number of ether oxygens (including phenoxy) is 2. The fourth-order valence-electron chi connectivity index (χ4n) is 2.72. The Labute approximate surface area is 136 Å². The fourth-order valence-corrected chi connectivity index (χ4v) is 2.72. The highest BCUT2D eigenvalue weighted by Crippen LogP contribution is 2.31. The first-order chi connectivity index (χ1) is 10.8.